The van der Waals surface area contributed by atoms with Crippen LogP contribution in [0.5, 0.6) is 0 Å². The Hall–Kier alpha value is -2.81. The normalized spacial score (nSPS) is 11.4. The van der Waals surface area contributed by atoms with E-state index < -0.39 is 0 Å². The summed E-state index contributed by atoms with van der Waals surface area (Å²) in [6.45, 7) is 2.18. The first-order valence-corrected chi connectivity index (χ1v) is 10.8. The van der Waals surface area contributed by atoms with Gasteiger partial charge in [-0.3, -0.25) is 9.36 Å². The lowest BCUT2D eigenvalue weighted by Gasteiger charge is -2.02. The highest BCUT2D eigenvalue weighted by molar-refractivity contribution is 7.19. The second-order valence-corrected chi connectivity index (χ2v) is 8.96. The van der Waals surface area contributed by atoms with Crippen molar-refractivity contribution in [1.29, 1.82) is 0 Å². The van der Waals surface area contributed by atoms with Gasteiger partial charge in [0, 0.05) is 26.3 Å². The monoisotopic (exact) mass is 440 g/mol. The number of nitrogens with zero attached hydrogens (tertiary/aromatic N) is 4. The highest BCUT2D eigenvalue weighted by Gasteiger charge is 2.17. The molecule has 5 rings (SSSR count). The molecule has 0 aliphatic rings. The molecule has 0 aliphatic carbocycles. The van der Waals surface area contributed by atoms with E-state index in [1.807, 2.05) is 42.6 Å². The summed E-state index contributed by atoms with van der Waals surface area (Å²) in [6, 6.07) is 11.3. The van der Waals surface area contributed by atoms with Gasteiger partial charge in [0.1, 0.15) is 11.4 Å². The van der Waals surface area contributed by atoms with Gasteiger partial charge in [-0.1, -0.05) is 28.9 Å². The molecule has 9 heteroatoms. The Morgan fingerprint density at radius 3 is 2.83 bits per heavy atom. The largest absolute Gasteiger partial charge is 0.337 e. The molecule has 0 aliphatic heterocycles. The van der Waals surface area contributed by atoms with Gasteiger partial charge < -0.3 is 4.52 Å². The first-order valence-electron chi connectivity index (χ1n) is 8.71. The molecule has 0 saturated heterocycles. The third-order valence-corrected chi connectivity index (χ3v) is 6.70. The summed E-state index contributed by atoms with van der Waals surface area (Å²) in [5.41, 5.74) is 1.46. The number of aromatic nitrogens is 4. The quantitative estimate of drug-likeness (QED) is 0.381. The number of hydrogen-bond acceptors (Lipinski definition) is 7. The number of thiophene rings is 2. The zero-order valence-electron chi connectivity index (χ0n) is 15.1. The van der Waals surface area contributed by atoms with Crippen LogP contribution in [0.3, 0.4) is 0 Å². The maximum atomic E-state index is 13.1. The van der Waals surface area contributed by atoms with Crippen molar-refractivity contribution in [3.63, 3.8) is 0 Å². The van der Waals surface area contributed by atoms with Gasteiger partial charge in [-0.05, 0) is 31.2 Å². The van der Waals surface area contributed by atoms with Crippen molar-refractivity contribution in [2.24, 2.45) is 0 Å². The summed E-state index contributed by atoms with van der Waals surface area (Å²) in [4.78, 5) is 25.0. The highest BCUT2D eigenvalue weighted by atomic mass is 35.5. The molecule has 0 spiro atoms. The third kappa shape index (κ3) is 3.29. The Kier molecular flexibility index (Phi) is 4.54. The van der Waals surface area contributed by atoms with Crippen LogP contribution in [0.25, 0.3) is 32.0 Å². The molecule has 5 aromatic rings. The Balaban J connectivity index is 1.53. The Labute approximate surface area is 178 Å². The lowest BCUT2D eigenvalue weighted by atomic mass is 10.2. The lowest BCUT2D eigenvalue weighted by molar-refractivity contribution is 0.369. The zero-order chi connectivity index (χ0) is 20.0. The van der Waals surface area contributed by atoms with Crippen LogP contribution in [0.2, 0.25) is 5.02 Å². The number of halogens is 1. The fourth-order valence-electron chi connectivity index (χ4n) is 3.06. The van der Waals surface area contributed by atoms with Gasteiger partial charge >= 0.3 is 0 Å². The summed E-state index contributed by atoms with van der Waals surface area (Å²) in [5, 5.41) is 7.13. The van der Waals surface area contributed by atoms with Gasteiger partial charge in [0.05, 0.1) is 16.7 Å². The van der Waals surface area contributed by atoms with Crippen molar-refractivity contribution < 1.29 is 4.52 Å². The smallest absolute Gasteiger partial charge is 0.263 e. The Morgan fingerprint density at radius 2 is 2.03 bits per heavy atom. The topological polar surface area (TPSA) is 73.8 Å². The number of fused-ring (bicyclic) bond motifs is 1. The minimum atomic E-state index is -0.130. The molecule has 0 N–H and O–H groups in total. The van der Waals surface area contributed by atoms with E-state index in [1.54, 1.807) is 17.4 Å². The van der Waals surface area contributed by atoms with Crippen LogP contribution in [0.4, 0.5) is 0 Å². The number of aryl methyl sites for hydroxylation is 1. The first-order chi connectivity index (χ1) is 14.1. The van der Waals surface area contributed by atoms with Crippen molar-refractivity contribution in [3.05, 3.63) is 74.2 Å². The molecule has 0 saturated carbocycles. The second-order valence-electron chi connectivity index (χ2n) is 6.41. The van der Waals surface area contributed by atoms with Crippen molar-refractivity contribution in [2.45, 2.75) is 13.5 Å². The molecule has 1 aromatic carbocycles. The molecule has 0 radical (unpaired) electrons. The predicted molar refractivity (Wildman–Crippen MR) is 116 cm³/mol. The standard InChI is InChI=1S/C20H13ClN4O2S2/c1-11-6-7-15(29-11)13-9-28-19-17(13)20(26)25(10-22-19)8-16-23-18(24-27-16)12-4-2-3-5-14(12)21/h2-7,9-10H,8H2,1H3. The highest BCUT2D eigenvalue weighted by Crippen LogP contribution is 2.35. The third-order valence-electron chi connectivity index (χ3n) is 4.45. The first kappa shape index (κ1) is 18.2. The summed E-state index contributed by atoms with van der Waals surface area (Å²) >= 11 is 9.32. The lowest BCUT2D eigenvalue weighted by Crippen LogP contribution is -2.21. The van der Waals surface area contributed by atoms with Crippen LogP contribution in [-0.2, 0) is 6.54 Å². The zero-order valence-corrected chi connectivity index (χ0v) is 17.5. The van der Waals surface area contributed by atoms with Crippen LogP contribution < -0.4 is 5.56 Å². The average Bonchev–Trinajstić information content (AvgIpc) is 3.44. The Morgan fingerprint density at radius 1 is 1.17 bits per heavy atom. The van der Waals surface area contributed by atoms with Crippen LogP contribution in [0, 0.1) is 6.92 Å². The minimum Gasteiger partial charge on any atom is -0.337 e. The van der Waals surface area contributed by atoms with Crippen LogP contribution in [0.15, 0.2) is 57.4 Å². The van der Waals surface area contributed by atoms with E-state index in [2.05, 4.69) is 15.1 Å². The second kappa shape index (κ2) is 7.22. The van der Waals surface area contributed by atoms with Crippen LogP contribution in [0.1, 0.15) is 10.8 Å². The molecular weight excluding hydrogens is 428 g/mol. The summed E-state index contributed by atoms with van der Waals surface area (Å²) in [5.74, 6) is 0.699. The van der Waals surface area contributed by atoms with Crippen molar-refractivity contribution >= 4 is 44.5 Å². The van der Waals surface area contributed by atoms with E-state index in [-0.39, 0.29) is 12.1 Å². The van der Waals surface area contributed by atoms with Gasteiger partial charge in [0.25, 0.3) is 5.56 Å². The fourth-order valence-corrected chi connectivity index (χ4v) is 5.14. The molecule has 0 unspecified atom stereocenters. The minimum absolute atomic E-state index is 0.130. The van der Waals surface area contributed by atoms with Gasteiger partial charge in [-0.15, -0.1) is 22.7 Å². The summed E-state index contributed by atoms with van der Waals surface area (Å²) in [7, 11) is 0. The fraction of sp³-hybridized carbons (Fsp3) is 0.100. The molecule has 4 aromatic heterocycles. The molecular formula is C20H13ClN4O2S2. The van der Waals surface area contributed by atoms with Crippen molar-refractivity contribution in [2.75, 3.05) is 0 Å². The van der Waals surface area contributed by atoms with E-state index in [1.165, 1.54) is 27.1 Å². The number of hydrogen-bond donors (Lipinski definition) is 0. The van der Waals surface area contributed by atoms with E-state index in [0.29, 0.717) is 27.7 Å². The van der Waals surface area contributed by atoms with E-state index >= 15 is 0 Å². The van der Waals surface area contributed by atoms with Gasteiger partial charge in [0.15, 0.2) is 0 Å². The van der Waals surface area contributed by atoms with Crippen molar-refractivity contribution in [1.82, 2.24) is 19.7 Å². The van der Waals surface area contributed by atoms with Gasteiger partial charge in [-0.25, -0.2) is 4.98 Å². The summed E-state index contributed by atoms with van der Waals surface area (Å²) < 4.78 is 6.83. The van der Waals surface area contributed by atoms with Gasteiger partial charge in [0.2, 0.25) is 11.7 Å². The van der Waals surface area contributed by atoms with Crippen LogP contribution >= 0.6 is 34.3 Å². The molecule has 0 amide bonds. The van der Waals surface area contributed by atoms with Crippen LogP contribution in [-0.4, -0.2) is 19.7 Å². The number of benzene rings is 1. The van der Waals surface area contributed by atoms with E-state index in [9.17, 15) is 4.79 Å². The molecule has 144 valence electrons. The van der Waals surface area contributed by atoms with Gasteiger partial charge in [-0.2, -0.15) is 4.98 Å². The maximum Gasteiger partial charge on any atom is 0.263 e. The Bertz CT molecular complexity index is 1400. The SMILES string of the molecule is Cc1ccc(-c2csc3ncn(Cc4nc(-c5ccccc5Cl)no4)c(=O)c23)s1. The van der Waals surface area contributed by atoms with E-state index in [4.69, 9.17) is 16.1 Å². The van der Waals surface area contributed by atoms with Crippen molar-refractivity contribution in [3.8, 4) is 21.8 Å². The molecule has 4 heterocycles. The van der Waals surface area contributed by atoms with E-state index in [0.717, 1.165) is 15.3 Å². The molecule has 6 nitrogen and oxygen atoms in total. The predicted octanol–water partition coefficient (Wildman–Crippen LogP) is 5.25. The number of rotatable bonds is 4. The molecule has 29 heavy (non-hydrogen) atoms. The molecule has 0 atom stereocenters. The average molecular weight is 441 g/mol. The molecule has 0 fully saturated rings. The molecule has 0 bridgehead atoms. The summed E-state index contributed by atoms with van der Waals surface area (Å²) in [6.07, 6.45) is 1.52. The maximum absolute atomic E-state index is 13.1.